The SMILES string of the molecule is COc1cc(C)nc(CSc2sc(N)nc2C)c1. The van der Waals surface area contributed by atoms with Gasteiger partial charge in [0, 0.05) is 23.6 Å². The molecule has 0 spiro atoms. The molecule has 4 nitrogen and oxygen atoms in total. The van der Waals surface area contributed by atoms with Gasteiger partial charge in [-0.25, -0.2) is 4.98 Å². The smallest absolute Gasteiger partial charge is 0.181 e. The fourth-order valence-corrected chi connectivity index (χ4v) is 3.49. The average molecular weight is 281 g/mol. The predicted molar refractivity (Wildman–Crippen MR) is 76.4 cm³/mol. The number of aryl methyl sites for hydroxylation is 2. The molecule has 0 fully saturated rings. The first kappa shape index (κ1) is 13.2. The Labute approximate surface area is 115 Å². The molecule has 0 radical (unpaired) electrons. The summed E-state index contributed by atoms with van der Waals surface area (Å²) < 4.78 is 6.38. The Bertz CT molecular complexity index is 554. The predicted octanol–water partition coefficient (Wildman–Crippen LogP) is 3.04. The van der Waals surface area contributed by atoms with Crippen molar-refractivity contribution in [2.75, 3.05) is 12.8 Å². The van der Waals surface area contributed by atoms with Crippen LogP contribution in [-0.2, 0) is 5.75 Å². The van der Waals surface area contributed by atoms with Gasteiger partial charge in [0.25, 0.3) is 0 Å². The summed E-state index contributed by atoms with van der Waals surface area (Å²) in [6.07, 6.45) is 0. The molecule has 0 aliphatic heterocycles. The second-order valence-corrected chi connectivity index (χ2v) is 6.13. The summed E-state index contributed by atoms with van der Waals surface area (Å²) in [6, 6.07) is 3.88. The number of thiazole rings is 1. The lowest BCUT2D eigenvalue weighted by Crippen LogP contribution is -1.93. The zero-order chi connectivity index (χ0) is 13.1. The molecule has 0 aliphatic carbocycles. The van der Waals surface area contributed by atoms with Crippen molar-refractivity contribution in [1.29, 1.82) is 0 Å². The maximum absolute atomic E-state index is 5.68. The first-order chi connectivity index (χ1) is 8.58. The van der Waals surface area contributed by atoms with Crippen molar-refractivity contribution in [2.24, 2.45) is 0 Å². The van der Waals surface area contributed by atoms with Gasteiger partial charge in [0.2, 0.25) is 0 Å². The topological polar surface area (TPSA) is 61.0 Å². The van der Waals surface area contributed by atoms with Crippen LogP contribution in [0.5, 0.6) is 5.75 Å². The molecule has 96 valence electrons. The van der Waals surface area contributed by atoms with E-state index in [1.165, 1.54) is 11.3 Å². The average Bonchev–Trinajstić information content (AvgIpc) is 2.64. The number of hydrogen-bond acceptors (Lipinski definition) is 6. The summed E-state index contributed by atoms with van der Waals surface area (Å²) in [4.78, 5) is 8.69. The van der Waals surface area contributed by atoms with Crippen LogP contribution in [0.4, 0.5) is 5.13 Å². The highest BCUT2D eigenvalue weighted by Crippen LogP contribution is 2.32. The van der Waals surface area contributed by atoms with E-state index in [-0.39, 0.29) is 0 Å². The number of nitrogens with zero attached hydrogens (tertiary/aromatic N) is 2. The van der Waals surface area contributed by atoms with Crippen molar-refractivity contribution in [1.82, 2.24) is 9.97 Å². The summed E-state index contributed by atoms with van der Waals surface area (Å²) in [5, 5.41) is 0.616. The van der Waals surface area contributed by atoms with Gasteiger partial charge in [-0.1, -0.05) is 11.3 Å². The molecular weight excluding hydrogens is 266 g/mol. The van der Waals surface area contributed by atoms with Gasteiger partial charge in [-0.2, -0.15) is 0 Å². The Morgan fingerprint density at radius 3 is 2.72 bits per heavy atom. The number of hydrogen-bond donors (Lipinski definition) is 1. The zero-order valence-corrected chi connectivity index (χ0v) is 12.2. The van der Waals surface area contributed by atoms with E-state index in [0.29, 0.717) is 5.13 Å². The minimum Gasteiger partial charge on any atom is -0.497 e. The minimum atomic E-state index is 0.616. The number of nitrogens with two attached hydrogens (primary N) is 1. The van der Waals surface area contributed by atoms with Crippen molar-refractivity contribution in [3.8, 4) is 5.75 Å². The number of methoxy groups -OCH3 is 1. The lowest BCUT2D eigenvalue weighted by atomic mass is 10.3. The molecule has 0 unspecified atom stereocenters. The molecule has 0 saturated heterocycles. The number of pyridine rings is 1. The third-order valence-electron chi connectivity index (χ3n) is 2.34. The van der Waals surface area contributed by atoms with Gasteiger partial charge in [-0.3, -0.25) is 4.98 Å². The second kappa shape index (κ2) is 5.58. The monoisotopic (exact) mass is 281 g/mol. The molecule has 18 heavy (non-hydrogen) atoms. The van der Waals surface area contributed by atoms with E-state index in [1.807, 2.05) is 26.0 Å². The van der Waals surface area contributed by atoms with Gasteiger partial charge in [0.1, 0.15) is 5.75 Å². The molecule has 0 bridgehead atoms. The molecule has 2 rings (SSSR count). The van der Waals surface area contributed by atoms with Crippen molar-refractivity contribution in [3.63, 3.8) is 0 Å². The summed E-state index contributed by atoms with van der Waals surface area (Å²) in [5.41, 5.74) is 8.63. The van der Waals surface area contributed by atoms with Gasteiger partial charge in [-0.05, 0) is 13.8 Å². The van der Waals surface area contributed by atoms with Crippen LogP contribution < -0.4 is 10.5 Å². The minimum absolute atomic E-state index is 0.616. The van der Waals surface area contributed by atoms with Crippen LogP contribution in [0.2, 0.25) is 0 Å². The molecule has 2 heterocycles. The van der Waals surface area contributed by atoms with E-state index in [1.54, 1.807) is 18.9 Å². The van der Waals surface area contributed by atoms with Crippen LogP contribution in [0.1, 0.15) is 17.1 Å². The fraction of sp³-hybridized carbons (Fsp3) is 0.333. The van der Waals surface area contributed by atoms with Crippen LogP contribution in [0.3, 0.4) is 0 Å². The van der Waals surface area contributed by atoms with E-state index in [0.717, 1.165) is 32.8 Å². The Hall–Kier alpha value is -1.27. The molecule has 0 atom stereocenters. The third-order valence-corrected chi connectivity index (χ3v) is 4.72. The van der Waals surface area contributed by atoms with Gasteiger partial charge in [0.15, 0.2) is 5.13 Å². The lowest BCUT2D eigenvalue weighted by Gasteiger charge is -2.05. The zero-order valence-electron chi connectivity index (χ0n) is 10.6. The van der Waals surface area contributed by atoms with E-state index in [4.69, 9.17) is 10.5 Å². The first-order valence-electron chi connectivity index (χ1n) is 5.45. The van der Waals surface area contributed by atoms with Crippen LogP contribution >= 0.6 is 23.1 Å². The number of rotatable bonds is 4. The lowest BCUT2D eigenvalue weighted by molar-refractivity contribution is 0.413. The van der Waals surface area contributed by atoms with Gasteiger partial charge < -0.3 is 10.5 Å². The second-order valence-electron chi connectivity index (χ2n) is 3.85. The van der Waals surface area contributed by atoms with Crippen LogP contribution in [0.15, 0.2) is 16.3 Å². The van der Waals surface area contributed by atoms with E-state index < -0.39 is 0 Å². The van der Waals surface area contributed by atoms with E-state index >= 15 is 0 Å². The van der Waals surface area contributed by atoms with Gasteiger partial charge in [0.05, 0.1) is 22.7 Å². The summed E-state index contributed by atoms with van der Waals surface area (Å²) in [6.45, 7) is 3.94. The third kappa shape index (κ3) is 3.14. The summed E-state index contributed by atoms with van der Waals surface area (Å²) in [5.74, 6) is 1.64. The van der Waals surface area contributed by atoms with Crippen LogP contribution in [0, 0.1) is 13.8 Å². The molecule has 2 N–H and O–H groups in total. The maximum Gasteiger partial charge on any atom is 0.181 e. The molecule has 2 aromatic heterocycles. The Balaban J connectivity index is 2.10. The summed E-state index contributed by atoms with van der Waals surface area (Å²) in [7, 11) is 1.67. The van der Waals surface area contributed by atoms with Crippen molar-refractivity contribution >= 4 is 28.2 Å². The molecule has 0 saturated carbocycles. The van der Waals surface area contributed by atoms with Crippen LogP contribution in [-0.4, -0.2) is 17.1 Å². The molecule has 0 aromatic carbocycles. The van der Waals surface area contributed by atoms with Crippen molar-refractivity contribution in [2.45, 2.75) is 23.8 Å². The highest BCUT2D eigenvalue weighted by molar-refractivity contribution is 8.00. The number of nitrogen functional groups attached to an aromatic ring is 1. The largest absolute Gasteiger partial charge is 0.497 e. The number of ether oxygens (including phenoxy) is 1. The van der Waals surface area contributed by atoms with Crippen molar-refractivity contribution < 1.29 is 4.74 Å². The quantitative estimate of drug-likeness (QED) is 0.873. The van der Waals surface area contributed by atoms with Crippen LogP contribution in [0.25, 0.3) is 0 Å². The standard InChI is InChI=1S/C12H15N3OS2/c1-7-4-10(16-3)5-9(14-7)6-17-11-8(2)15-12(13)18-11/h4-5H,6H2,1-3H3,(H2,13,15). The number of anilines is 1. The van der Waals surface area contributed by atoms with Crippen molar-refractivity contribution in [3.05, 3.63) is 29.2 Å². The Morgan fingerprint density at radius 2 is 2.11 bits per heavy atom. The van der Waals surface area contributed by atoms with Gasteiger partial charge >= 0.3 is 0 Å². The first-order valence-corrected chi connectivity index (χ1v) is 7.26. The summed E-state index contributed by atoms with van der Waals surface area (Å²) >= 11 is 3.23. The molecule has 0 amide bonds. The molecular formula is C12H15N3OS2. The van der Waals surface area contributed by atoms with Gasteiger partial charge in [-0.15, -0.1) is 11.8 Å². The maximum atomic E-state index is 5.68. The van der Waals surface area contributed by atoms with E-state index in [2.05, 4.69) is 9.97 Å². The Kier molecular flexibility index (Phi) is 4.08. The number of aromatic nitrogens is 2. The van der Waals surface area contributed by atoms with E-state index in [9.17, 15) is 0 Å². The normalized spacial score (nSPS) is 10.6. The molecule has 2 aromatic rings. The highest BCUT2D eigenvalue weighted by atomic mass is 32.2. The molecule has 0 aliphatic rings. The highest BCUT2D eigenvalue weighted by Gasteiger charge is 2.07. The Morgan fingerprint density at radius 1 is 1.33 bits per heavy atom. The molecule has 6 heteroatoms. The number of thioether (sulfide) groups is 1. The fourth-order valence-electron chi connectivity index (χ4n) is 1.57.